The quantitative estimate of drug-likeness (QED) is 0.877. The van der Waals surface area contributed by atoms with Crippen molar-refractivity contribution in [2.45, 2.75) is 12.2 Å². The van der Waals surface area contributed by atoms with E-state index in [1.54, 1.807) is 23.9 Å². The lowest BCUT2D eigenvalue weighted by atomic mass is 10.2. The minimum Gasteiger partial charge on any atom is -0.383 e. The van der Waals surface area contributed by atoms with Crippen molar-refractivity contribution < 1.29 is 0 Å². The highest BCUT2D eigenvalue weighted by molar-refractivity contribution is 7.99. The minimum absolute atomic E-state index is 0.539. The second-order valence-electron chi connectivity index (χ2n) is 3.23. The highest BCUT2D eigenvalue weighted by atomic mass is 35.5. The van der Waals surface area contributed by atoms with Crippen LogP contribution in [0.2, 0.25) is 5.02 Å². The molecule has 1 N–H and O–H groups in total. The highest BCUT2D eigenvalue weighted by Crippen LogP contribution is 2.23. The van der Waals surface area contributed by atoms with Crippen molar-refractivity contribution in [3.63, 3.8) is 0 Å². The molecule has 0 saturated heterocycles. The molecule has 0 aromatic heterocycles. The predicted octanol–water partition coefficient (Wildman–Crippen LogP) is 3.38. The zero-order chi connectivity index (χ0) is 11.3. The van der Waals surface area contributed by atoms with Gasteiger partial charge in [0.15, 0.2) is 0 Å². The second-order valence-corrected chi connectivity index (χ2v) is 4.92. The molecule has 1 unspecified atom stereocenters. The fourth-order valence-corrected chi connectivity index (χ4v) is 1.56. The average Bonchev–Trinajstić information content (AvgIpc) is 2.26. The molecule has 0 heterocycles. The molecule has 15 heavy (non-hydrogen) atoms. The van der Waals surface area contributed by atoms with Crippen LogP contribution in [-0.4, -0.2) is 18.1 Å². The maximum absolute atomic E-state index is 8.68. The molecular formula is C11H13ClN2S. The molecule has 1 aromatic carbocycles. The summed E-state index contributed by atoms with van der Waals surface area (Å²) in [6.07, 6.45) is 2.08. The lowest BCUT2D eigenvalue weighted by Gasteiger charge is -2.12. The van der Waals surface area contributed by atoms with Gasteiger partial charge >= 0.3 is 0 Å². The van der Waals surface area contributed by atoms with E-state index in [1.807, 2.05) is 6.07 Å². The summed E-state index contributed by atoms with van der Waals surface area (Å²) in [4.78, 5) is 0. The molecular weight excluding hydrogens is 228 g/mol. The predicted molar refractivity (Wildman–Crippen MR) is 67.6 cm³/mol. The zero-order valence-electron chi connectivity index (χ0n) is 8.75. The van der Waals surface area contributed by atoms with E-state index >= 15 is 0 Å². The van der Waals surface area contributed by atoms with Gasteiger partial charge in [-0.1, -0.05) is 18.5 Å². The van der Waals surface area contributed by atoms with Crippen LogP contribution in [0.1, 0.15) is 12.5 Å². The fourth-order valence-electron chi connectivity index (χ4n) is 1.07. The number of benzene rings is 1. The largest absolute Gasteiger partial charge is 0.383 e. The molecule has 80 valence electrons. The van der Waals surface area contributed by atoms with Gasteiger partial charge in [-0.2, -0.15) is 17.0 Å². The standard InChI is InChI=1S/C11H13ClN2S/c1-8(15-2)7-14-11-4-3-9(6-13)5-10(11)12/h3-5,8,14H,7H2,1-2H3. The van der Waals surface area contributed by atoms with E-state index in [9.17, 15) is 0 Å². The van der Waals surface area contributed by atoms with Crippen LogP contribution < -0.4 is 5.32 Å². The van der Waals surface area contributed by atoms with Gasteiger partial charge in [0.2, 0.25) is 0 Å². The minimum atomic E-state index is 0.539. The SMILES string of the molecule is CSC(C)CNc1ccc(C#N)cc1Cl. The van der Waals surface area contributed by atoms with E-state index in [4.69, 9.17) is 16.9 Å². The molecule has 1 rings (SSSR count). The van der Waals surface area contributed by atoms with E-state index < -0.39 is 0 Å². The Hall–Kier alpha value is -0.850. The van der Waals surface area contributed by atoms with Crippen LogP contribution >= 0.6 is 23.4 Å². The fraction of sp³-hybridized carbons (Fsp3) is 0.364. The van der Waals surface area contributed by atoms with Crippen molar-refractivity contribution in [2.24, 2.45) is 0 Å². The van der Waals surface area contributed by atoms with E-state index in [0.717, 1.165) is 12.2 Å². The molecule has 1 atom stereocenters. The van der Waals surface area contributed by atoms with Gasteiger partial charge in [-0.3, -0.25) is 0 Å². The Bertz CT molecular complexity index is 373. The Morgan fingerprint density at radius 2 is 2.33 bits per heavy atom. The first-order valence-electron chi connectivity index (χ1n) is 4.63. The van der Waals surface area contributed by atoms with Gasteiger partial charge in [-0.05, 0) is 24.5 Å². The molecule has 0 amide bonds. The van der Waals surface area contributed by atoms with Crippen LogP contribution in [0.15, 0.2) is 18.2 Å². The molecule has 0 bridgehead atoms. The number of anilines is 1. The number of nitriles is 1. The van der Waals surface area contributed by atoms with Crippen molar-refractivity contribution in [1.82, 2.24) is 0 Å². The lowest BCUT2D eigenvalue weighted by molar-refractivity contribution is 1.00. The molecule has 0 aliphatic carbocycles. The van der Waals surface area contributed by atoms with Crippen molar-refractivity contribution in [3.05, 3.63) is 28.8 Å². The molecule has 0 fully saturated rings. The van der Waals surface area contributed by atoms with Gasteiger partial charge in [0.1, 0.15) is 0 Å². The van der Waals surface area contributed by atoms with Crippen LogP contribution in [0.5, 0.6) is 0 Å². The van der Waals surface area contributed by atoms with Crippen molar-refractivity contribution >= 4 is 29.1 Å². The molecule has 1 aromatic rings. The Balaban J connectivity index is 2.67. The topological polar surface area (TPSA) is 35.8 Å². The van der Waals surface area contributed by atoms with Crippen LogP contribution in [0, 0.1) is 11.3 Å². The van der Waals surface area contributed by atoms with Crippen LogP contribution in [-0.2, 0) is 0 Å². The molecule has 0 spiro atoms. The van der Waals surface area contributed by atoms with Gasteiger partial charge < -0.3 is 5.32 Å². The van der Waals surface area contributed by atoms with Crippen LogP contribution in [0.4, 0.5) is 5.69 Å². The molecule has 4 heteroatoms. The Labute approximate surface area is 99.6 Å². The Kier molecular flexibility index (Phi) is 4.80. The molecule has 2 nitrogen and oxygen atoms in total. The summed E-state index contributed by atoms with van der Waals surface area (Å²) >= 11 is 7.81. The third kappa shape index (κ3) is 3.65. The van der Waals surface area contributed by atoms with Gasteiger partial charge in [0.25, 0.3) is 0 Å². The molecule has 0 saturated carbocycles. The summed E-state index contributed by atoms with van der Waals surface area (Å²) in [5.41, 5.74) is 1.47. The first-order chi connectivity index (χ1) is 7.17. The number of nitrogens with one attached hydrogen (secondary N) is 1. The van der Waals surface area contributed by atoms with Crippen molar-refractivity contribution in [2.75, 3.05) is 18.1 Å². The number of halogens is 1. The Morgan fingerprint density at radius 3 is 2.87 bits per heavy atom. The molecule has 0 radical (unpaired) electrons. The number of hydrogen-bond acceptors (Lipinski definition) is 3. The number of nitrogens with zero attached hydrogens (tertiary/aromatic N) is 1. The second kappa shape index (κ2) is 5.89. The number of thioether (sulfide) groups is 1. The van der Waals surface area contributed by atoms with Crippen LogP contribution in [0.25, 0.3) is 0 Å². The first-order valence-corrected chi connectivity index (χ1v) is 6.30. The van der Waals surface area contributed by atoms with E-state index in [0.29, 0.717) is 15.8 Å². The third-order valence-electron chi connectivity index (χ3n) is 2.08. The monoisotopic (exact) mass is 240 g/mol. The maximum atomic E-state index is 8.68. The number of hydrogen-bond donors (Lipinski definition) is 1. The number of rotatable bonds is 4. The Morgan fingerprint density at radius 1 is 1.60 bits per heavy atom. The molecule has 0 aliphatic heterocycles. The summed E-state index contributed by atoms with van der Waals surface area (Å²) in [7, 11) is 0. The third-order valence-corrected chi connectivity index (χ3v) is 3.36. The summed E-state index contributed by atoms with van der Waals surface area (Å²) in [6.45, 7) is 3.02. The highest BCUT2D eigenvalue weighted by Gasteiger charge is 2.03. The normalized spacial score (nSPS) is 11.9. The van der Waals surface area contributed by atoms with E-state index in [-0.39, 0.29) is 0 Å². The zero-order valence-corrected chi connectivity index (χ0v) is 10.3. The molecule has 0 aliphatic rings. The van der Waals surface area contributed by atoms with Crippen molar-refractivity contribution in [1.29, 1.82) is 5.26 Å². The maximum Gasteiger partial charge on any atom is 0.0992 e. The summed E-state index contributed by atoms with van der Waals surface area (Å²) in [5, 5.41) is 13.1. The van der Waals surface area contributed by atoms with Gasteiger partial charge in [-0.25, -0.2) is 0 Å². The average molecular weight is 241 g/mol. The van der Waals surface area contributed by atoms with Crippen molar-refractivity contribution in [3.8, 4) is 6.07 Å². The van der Waals surface area contributed by atoms with Gasteiger partial charge in [0, 0.05) is 11.8 Å². The summed E-state index contributed by atoms with van der Waals surface area (Å²) in [6, 6.07) is 7.33. The smallest absolute Gasteiger partial charge is 0.0992 e. The summed E-state index contributed by atoms with van der Waals surface area (Å²) in [5.74, 6) is 0. The van der Waals surface area contributed by atoms with E-state index in [2.05, 4.69) is 24.6 Å². The van der Waals surface area contributed by atoms with Gasteiger partial charge in [0.05, 0.1) is 22.3 Å². The van der Waals surface area contributed by atoms with Crippen LogP contribution in [0.3, 0.4) is 0 Å². The lowest BCUT2D eigenvalue weighted by Crippen LogP contribution is -2.12. The first kappa shape index (κ1) is 12.2. The van der Waals surface area contributed by atoms with E-state index in [1.165, 1.54) is 0 Å². The summed E-state index contributed by atoms with van der Waals surface area (Å²) < 4.78 is 0. The van der Waals surface area contributed by atoms with Gasteiger partial charge in [-0.15, -0.1) is 0 Å².